The molecule has 1 aliphatic heterocycles. The molecule has 1 fully saturated rings. The smallest absolute Gasteiger partial charge is 0.193 e. The molecule has 1 heterocycles. The Hall–Kier alpha value is -0.960. The van der Waals surface area contributed by atoms with Gasteiger partial charge in [0.25, 0.3) is 0 Å². The molecule has 1 aliphatic rings. The maximum Gasteiger partial charge on any atom is 0.193 e. The molecule has 0 radical (unpaired) electrons. The van der Waals surface area contributed by atoms with E-state index in [-0.39, 0.29) is 29.5 Å². The minimum atomic E-state index is -0.523. The van der Waals surface area contributed by atoms with Gasteiger partial charge in [-0.3, -0.25) is 4.99 Å². The van der Waals surface area contributed by atoms with Crippen molar-refractivity contribution < 1.29 is 8.78 Å². The molecule has 1 atom stereocenters. The highest BCUT2D eigenvalue weighted by Crippen LogP contribution is 2.25. The molecule has 1 N–H and O–H groups in total. The van der Waals surface area contributed by atoms with Crippen molar-refractivity contribution >= 4 is 29.9 Å². The lowest BCUT2D eigenvalue weighted by Crippen LogP contribution is -2.40. The van der Waals surface area contributed by atoms with E-state index in [2.05, 4.69) is 15.2 Å². The summed E-state index contributed by atoms with van der Waals surface area (Å²) >= 11 is 0. The van der Waals surface area contributed by atoms with E-state index >= 15 is 0 Å². The molecule has 0 amide bonds. The molecule has 7 heteroatoms. The third-order valence-corrected chi connectivity index (χ3v) is 4.11. The Balaban J connectivity index is 0.00000288. The van der Waals surface area contributed by atoms with E-state index in [1.165, 1.54) is 18.2 Å². The minimum absolute atomic E-state index is 0. The van der Waals surface area contributed by atoms with Crippen molar-refractivity contribution in [2.75, 3.05) is 40.3 Å². The zero-order valence-corrected chi connectivity index (χ0v) is 16.9. The average molecular weight is 452 g/mol. The van der Waals surface area contributed by atoms with Crippen LogP contribution in [0.4, 0.5) is 8.78 Å². The topological polar surface area (TPSA) is 30.9 Å². The quantitative estimate of drug-likeness (QED) is 0.423. The molecule has 1 aromatic rings. The Morgan fingerprint density at radius 1 is 1.25 bits per heavy atom. The molecule has 1 aromatic carbocycles. The number of guanidine groups is 1. The first-order valence-corrected chi connectivity index (χ1v) is 8.18. The van der Waals surface area contributed by atoms with Crippen molar-refractivity contribution in [2.24, 2.45) is 4.99 Å². The Bertz CT molecular complexity index is 525. The first-order chi connectivity index (χ1) is 11.0. The molecule has 4 nitrogen and oxygen atoms in total. The summed E-state index contributed by atoms with van der Waals surface area (Å²) in [7, 11) is 3.63. The van der Waals surface area contributed by atoms with Crippen LogP contribution in [-0.2, 0) is 0 Å². The Morgan fingerprint density at radius 3 is 2.33 bits per heavy atom. The van der Waals surface area contributed by atoms with Crippen molar-refractivity contribution in [1.82, 2.24) is 15.1 Å². The predicted octanol–water partition coefficient (Wildman–Crippen LogP) is 3.25. The van der Waals surface area contributed by atoms with Crippen LogP contribution in [0.3, 0.4) is 0 Å². The number of likely N-dealkylation sites (tertiary alicyclic amines) is 1. The number of hydrogen-bond donors (Lipinski definition) is 1. The molecule has 0 spiro atoms. The second-order valence-electron chi connectivity index (χ2n) is 6.00. The summed E-state index contributed by atoms with van der Waals surface area (Å²) in [5, 5.41) is 3.27. The van der Waals surface area contributed by atoms with Gasteiger partial charge in [0.05, 0.1) is 12.6 Å². The van der Waals surface area contributed by atoms with E-state index in [9.17, 15) is 8.78 Å². The minimum Gasteiger partial charge on any atom is -0.357 e. The molecule has 1 unspecified atom stereocenters. The van der Waals surface area contributed by atoms with Crippen molar-refractivity contribution in [3.63, 3.8) is 0 Å². The van der Waals surface area contributed by atoms with Gasteiger partial charge in [0.15, 0.2) is 5.96 Å². The third-order valence-electron chi connectivity index (χ3n) is 4.11. The van der Waals surface area contributed by atoms with Crippen molar-refractivity contribution in [1.29, 1.82) is 0 Å². The fourth-order valence-electron chi connectivity index (χ4n) is 2.87. The van der Waals surface area contributed by atoms with E-state index in [1.807, 2.05) is 21.0 Å². The molecular formula is C17H27F2IN4. The molecule has 0 aromatic heterocycles. The van der Waals surface area contributed by atoms with Gasteiger partial charge in [-0.1, -0.05) is 6.07 Å². The van der Waals surface area contributed by atoms with E-state index in [1.54, 1.807) is 4.90 Å². The van der Waals surface area contributed by atoms with Crippen molar-refractivity contribution in [2.45, 2.75) is 25.8 Å². The SMILES string of the molecule is CCNC(=NCC(c1c(F)cccc1F)N(C)C)N1CCCC1.I. The van der Waals surface area contributed by atoms with Crippen LogP contribution < -0.4 is 5.32 Å². The molecule has 0 aliphatic carbocycles. The number of aliphatic imine (C=N–C) groups is 1. The largest absolute Gasteiger partial charge is 0.357 e. The van der Waals surface area contributed by atoms with Crippen LogP contribution in [0.2, 0.25) is 0 Å². The van der Waals surface area contributed by atoms with Crippen LogP contribution in [0.25, 0.3) is 0 Å². The van der Waals surface area contributed by atoms with Gasteiger partial charge in [-0.2, -0.15) is 0 Å². The predicted molar refractivity (Wildman–Crippen MR) is 105 cm³/mol. The summed E-state index contributed by atoms with van der Waals surface area (Å²) in [6, 6.07) is 3.54. The van der Waals surface area contributed by atoms with Gasteiger partial charge in [-0.15, -0.1) is 24.0 Å². The maximum atomic E-state index is 14.1. The van der Waals surface area contributed by atoms with Crippen LogP contribution >= 0.6 is 24.0 Å². The maximum absolute atomic E-state index is 14.1. The normalized spacial score (nSPS) is 16.2. The summed E-state index contributed by atoms with van der Waals surface area (Å²) in [6.45, 7) is 5.06. The van der Waals surface area contributed by atoms with E-state index in [4.69, 9.17) is 0 Å². The van der Waals surface area contributed by atoms with Gasteiger partial charge >= 0.3 is 0 Å². The van der Waals surface area contributed by atoms with Crippen LogP contribution in [0, 0.1) is 11.6 Å². The van der Waals surface area contributed by atoms with E-state index < -0.39 is 17.7 Å². The van der Waals surface area contributed by atoms with Gasteiger partial charge in [-0.05, 0) is 46.0 Å². The number of nitrogens with one attached hydrogen (secondary N) is 1. The molecule has 0 saturated carbocycles. The second-order valence-corrected chi connectivity index (χ2v) is 6.00. The van der Waals surface area contributed by atoms with Gasteiger partial charge in [0.2, 0.25) is 0 Å². The highest BCUT2D eigenvalue weighted by atomic mass is 127. The fraction of sp³-hybridized carbons (Fsp3) is 0.588. The van der Waals surface area contributed by atoms with Crippen molar-refractivity contribution in [3.05, 3.63) is 35.4 Å². The number of nitrogens with zero attached hydrogens (tertiary/aromatic N) is 3. The van der Waals surface area contributed by atoms with E-state index in [0.717, 1.165) is 38.4 Å². The molecule has 2 rings (SSSR count). The lowest BCUT2D eigenvalue weighted by atomic mass is 10.0. The fourth-order valence-corrected chi connectivity index (χ4v) is 2.87. The molecule has 1 saturated heterocycles. The van der Waals surface area contributed by atoms with Crippen molar-refractivity contribution in [3.8, 4) is 0 Å². The van der Waals surface area contributed by atoms with Gasteiger partial charge in [0, 0.05) is 25.2 Å². The number of benzene rings is 1. The lowest BCUT2D eigenvalue weighted by Gasteiger charge is -2.26. The Labute approximate surface area is 160 Å². The number of likely N-dealkylation sites (N-methyl/N-ethyl adjacent to an activating group) is 1. The zero-order chi connectivity index (χ0) is 16.8. The Morgan fingerprint density at radius 2 is 1.83 bits per heavy atom. The number of rotatable bonds is 5. The monoisotopic (exact) mass is 452 g/mol. The summed E-state index contributed by atoms with van der Waals surface area (Å²) in [5.41, 5.74) is 0.0820. The lowest BCUT2D eigenvalue weighted by molar-refractivity contribution is 0.289. The molecule has 136 valence electrons. The highest BCUT2D eigenvalue weighted by Gasteiger charge is 2.23. The third kappa shape index (κ3) is 5.27. The average Bonchev–Trinajstić information content (AvgIpc) is 3.02. The molecule has 0 bridgehead atoms. The van der Waals surface area contributed by atoms with Crippen LogP contribution in [0.5, 0.6) is 0 Å². The first-order valence-electron chi connectivity index (χ1n) is 8.18. The van der Waals surface area contributed by atoms with Crippen LogP contribution in [0.15, 0.2) is 23.2 Å². The first kappa shape index (κ1) is 21.1. The zero-order valence-electron chi connectivity index (χ0n) is 14.6. The van der Waals surface area contributed by atoms with Crippen LogP contribution in [-0.4, -0.2) is 56.0 Å². The highest BCUT2D eigenvalue weighted by molar-refractivity contribution is 14.0. The van der Waals surface area contributed by atoms with Crippen LogP contribution in [0.1, 0.15) is 31.4 Å². The summed E-state index contributed by atoms with van der Waals surface area (Å²) < 4.78 is 28.2. The standard InChI is InChI=1S/C17H26F2N4.HI/c1-4-20-17(23-10-5-6-11-23)21-12-15(22(2)3)16-13(18)8-7-9-14(16)19;/h7-9,15H,4-6,10-12H2,1-3H3,(H,20,21);1H. The van der Waals surface area contributed by atoms with E-state index in [0.29, 0.717) is 6.54 Å². The van der Waals surface area contributed by atoms with Gasteiger partial charge in [0.1, 0.15) is 11.6 Å². The second kappa shape index (κ2) is 10.1. The summed E-state index contributed by atoms with van der Waals surface area (Å²) in [5.74, 6) is -0.219. The molecule has 24 heavy (non-hydrogen) atoms. The molecular weight excluding hydrogens is 425 g/mol. The number of hydrogen-bond acceptors (Lipinski definition) is 2. The van der Waals surface area contributed by atoms with Gasteiger partial charge in [-0.25, -0.2) is 8.78 Å². The number of halogens is 3. The van der Waals surface area contributed by atoms with Gasteiger partial charge < -0.3 is 15.1 Å². The summed E-state index contributed by atoms with van der Waals surface area (Å²) in [4.78, 5) is 8.64. The Kier molecular flexibility index (Phi) is 8.90. The summed E-state index contributed by atoms with van der Waals surface area (Å²) in [6.07, 6.45) is 2.31.